The molecule has 6 heteroatoms. The van der Waals surface area contributed by atoms with Crippen LogP contribution in [0.1, 0.15) is 142 Å². The second-order valence-electron chi connectivity index (χ2n) is 9.38. The number of carbonyl (C=O) groups is 2. The Bertz CT molecular complexity index is 577. The molecule has 0 atom stereocenters. The molecular formula is C29H52O5P. The number of rotatable bonds is 24. The third-order valence-electron chi connectivity index (χ3n) is 5.77. The highest BCUT2D eigenvalue weighted by Crippen LogP contribution is 2.47. The van der Waals surface area contributed by atoms with Crippen LogP contribution in [0.25, 0.3) is 0 Å². The first-order chi connectivity index (χ1) is 16.9. The summed E-state index contributed by atoms with van der Waals surface area (Å²) in [6.07, 6.45) is 28.8. The van der Waals surface area contributed by atoms with Crippen molar-refractivity contribution in [2.75, 3.05) is 0 Å². The van der Waals surface area contributed by atoms with Crippen molar-refractivity contribution < 1.29 is 23.2 Å². The van der Waals surface area contributed by atoms with Crippen molar-refractivity contribution >= 4 is 19.5 Å². The number of carbonyl (C=O) groups excluding carboxylic acids is 2. The smallest absolute Gasteiger partial charge is 0.383 e. The zero-order chi connectivity index (χ0) is 26.0. The first kappa shape index (κ1) is 33.7. The van der Waals surface area contributed by atoms with Gasteiger partial charge >= 0.3 is 19.5 Å². The molecule has 0 amide bonds. The molecule has 0 heterocycles. The lowest BCUT2D eigenvalue weighted by Gasteiger charge is -2.13. The van der Waals surface area contributed by atoms with Gasteiger partial charge in [0.05, 0.1) is 6.66 Å². The molecule has 0 rings (SSSR count). The van der Waals surface area contributed by atoms with Gasteiger partial charge in [0.2, 0.25) is 0 Å². The van der Waals surface area contributed by atoms with Crippen LogP contribution in [0.4, 0.5) is 0 Å². The van der Waals surface area contributed by atoms with Crippen LogP contribution in [0.5, 0.6) is 0 Å². The summed E-state index contributed by atoms with van der Waals surface area (Å²) in [5.41, 5.74) is 0. The largest absolute Gasteiger partial charge is 0.435 e. The lowest BCUT2D eigenvalue weighted by molar-refractivity contribution is -0.138. The molecule has 0 unspecified atom stereocenters. The Labute approximate surface area is 216 Å². The summed E-state index contributed by atoms with van der Waals surface area (Å²) in [5.74, 6) is -1.22. The predicted molar refractivity (Wildman–Crippen MR) is 147 cm³/mol. The van der Waals surface area contributed by atoms with Crippen LogP contribution in [-0.4, -0.2) is 11.9 Å². The van der Waals surface area contributed by atoms with Gasteiger partial charge in [-0.2, -0.15) is 0 Å². The van der Waals surface area contributed by atoms with Crippen molar-refractivity contribution in [3.63, 3.8) is 0 Å². The van der Waals surface area contributed by atoms with E-state index >= 15 is 0 Å². The van der Waals surface area contributed by atoms with Crippen LogP contribution in [0.3, 0.4) is 0 Å². The Balaban J connectivity index is 3.70. The van der Waals surface area contributed by atoms with Crippen molar-refractivity contribution in [1.29, 1.82) is 0 Å². The first-order valence-electron chi connectivity index (χ1n) is 14.1. The number of hydrogen-bond acceptors (Lipinski definition) is 5. The molecule has 0 aromatic rings. The van der Waals surface area contributed by atoms with Gasteiger partial charge in [-0.1, -0.05) is 102 Å². The summed E-state index contributed by atoms with van der Waals surface area (Å²) in [6, 6.07) is 0. The summed E-state index contributed by atoms with van der Waals surface area (Å²) in [7, 11) is -3.93. The van der Waals surface area contributed by atoms with E-state index in [-0.39, 0.29) is 12.8 Å². The quantitative estimate of drug-likeness (QED) is 0.0732. The number of unbranched alkanes of at least 4 members (excludes halogenated alkanes) is 14. The Kier molecular flexibility index (Phi) is 23.4. The third-order valence-corrected chi connectivity index (χ3v) is 6.73. The van der Waals surface area contributed by atoms with E-state index in [1.165, 1.54) is 38.5 Å². The molecule has 0 bridgehead atoms. The molecule has 0 aliphatic rings. The van der Waals surface area contributed by atoms with Crippen molar-refractivity contribution in [3.8, 4) is 0 Å². The minimum atomic E-state index is -3.93. The second-order valence-corrected chi connectivity index (χ2v) is 11.0. The topological polar surface area (TPSA) is 69.7 Å². The summed E-state index contributed by atoms with van der Waals surface area (Å²) in [4.78, 5) is 23.8. The van der Waals surface area contributed by atoms with Gasteiger partial charge in [0.15, 0.2) is 0 Å². The average molecular weight is 512 g/mol. The zero-order valence-corrected chi connectivity index (χ0v) is 23.5. The molecule has 1 radical (unpaired) electrons. The van der Waals surface area contributed by atoms with E-state index in [1.807, 2.05) is 0 Å². The molecular weight excluding hydrogens is 459 g/mol. The molecule has 35 heavy (non-hydrogen) atoms. The second kappa shape index (κ2) is 24.3. The van der Waals surface area contributed by atoms with Gasteiger partial charge in [-0.3, -0.25) is 9.59 Å². The molecule has 5 nitrogen and oxygen atoms in total. The highest BCUT2D eigenvalue weighted by molar-refractivity contribution is 7.56. The Morgan fingerprint density at radius 3 is 1.26 bits per heavy atom. The molecule has 0 aliphatic heterocycles. The van der Waals surface area contributed by atoms with Gasteiger partial charge in [0.1, 0.15) is 0 Å². The maximum atomic E-state index is 12.2. The van der Waals surface area contributed by atoms with Crippen LogP contribution >= 0.6 is 7.60 Å². The van der Waals surface area contributed by atoms with E-state index in [2.05, 4.69) is 44.8 Å². The van der Waals surface area contributed by atoms with E-state index in [9.17, 15) is 14.2 Å². The normalized spacial score (nSPS) is 12.0. The first-order valence-corrected chi connectivity index (χ1v) is 15.8. The van der Waals surface area contributed by atoms with E-state index < -0.39 is 19.5 Å². The monoisotopic (exact) mass is 511 g/mol. The highest BCUT2D eigenvalue weighted by Gasteiger charge is 2.26. The summed E-state index contributed by atoms with van der Waals surface area (Å²) >= 11 is 0. The van der Waals surface area contributed by atoms with Crippen LogP contribution in [0.2, 0.25) is 0 Å². The van der Waals surface area contributed by atoms with Gasteiger partial charge < -0.3 is 9.05 Å². The lowest BCUT2D eigenvalue weighted by atomic mass is 10.1. The molecule has 0 spiro atoms. The van der Waals surface area contributed by atoms with Gasteiger partial charge in [0, 0.05) is 12.8 Å². The number of hydrogen-bond donors (Lipinski definition) is 0. The van der Waals surface area contributed by atoms with Gasteiger partial charge in [0.25, 0.3) is 0 Å². The van der Waals surface area contributed by atoms with Crippen molar-refractivity contribution in [3.05, 3.63) is 31.0 Å². The van der Waals surface area contributed by atoms with E-state index in [4.69, 9.17) is 9.05 Å². The summed E-state index contributed by atoms with van der Waals surface area (Å²) in [6.45, 7) is 7.71. The fourth-order valence-corrected chi connectivity index (χ4v) is 4.50. The highest BCUT2D eigenvalue weighted by atomic mass is 31.2. The number of allylic oxidation sites excluding steroid dienone is 4. The van der Waals surface area contributed by atoms with Gasteiger partial charge in [-0.05, 0) is 51.4 Å². The maximum absolute atomic E-state index is 12.2. The fourth-order valence-electron chi connectivity index (χ4n) is 3.66. The van der Waals surface area contributed by atoms with Gasteiger partial charge in [-0.15, -0.1) is 0 Å². The van der Waals surface area contributed by atoms with E-state index in [1.54, 1.807) is 0 Å². The van der Waals surface area contributed by atoms with Crippen molar-refractivity contribution in [1.82, 2.24) is 0 Å². The lowest BCUT2D eigenvalue weighted by Crippen LogP contribution is -2.07. The summed E-state index contributed by atoms with van der Waals surface area (Å²) in [5, 5.41) is 0. The predicted octanol–water partition coefficient (Wildman–Crippen LogP) is 10.0. The molecule has 0 saturated heterocycles. The minimum Gasteiger partial charge on any atom is -0.383 e. The fraction of sp³-hybridized carbons (Fsp3) is 0.759. The van der Waals surface area contributed by atoms with E-state index in [0.717, 1.165) is 64.2 Å². The maximum Gasteiger partial charge on any atom is 0.435 e. The van der Waals surface area contributed by atoms with Crippen LogP contribution in [0.15, 0.2) is 24.3 Å². The van der Waals surface area contributed by atoms with Crippen molar-refractivity contribution in [2.24, 2.45) is 0 Å². The Hall–Kier alpha value is -1.35. The van der Waals surface area contributed by atoms with Gasteiger partial charge in [-0.25, -0.2) is 4.57 Å². The molecule has 0 aromatic heterocycles. The third kappa shape index (κ3) is 25.5. The molecule has 0 fully saturated rings. The molecule has 0 saturated carbocycles. The Morgan fingerprint density at radius 2 is 0.886 bits per heavy atom. The molecule has 0 N–H and O–H groups in total. The van der Waals surface area contributed by atoms with Crippen LogP contribution in [0, 0.1) is 6.66 Å². The Morgan fingerprint density at radius 1 is 0.571 bits per heavy atom. The average Bonchev–Trinajstić information content (AvgIpc) is 2.80. The van der Waals surface area contributed by atoms with Crippen LogP contribution in [-0.2, 0) is 23.2 Å². The minimum absolute atomic E-state index is 0.168. The molecule has 0 aromatic carbocycles. The standard InChI is InChI=1S/C29H52O5P/c1-4-6-8-10-12-14-16-18-20-22-24-26-28(30)33-35(3,32)34-29(31)27-25-23-21-19-17-15-13-11-9-7-5-2/h10-13H,3-9,14-27H2,1-2H3/b12-10-,13-11-. The molecule has 203 valence electrons. The summed E-state index contributed by atoms with van der Waals surface area (Å²) < 4.78 is 21.9. The zero-order valence-electron chi connectivity index (χ0n) is 22.6. The van der Waals surface area contributed by atoms with Crippen molar-refractivity contribution in [2.45, 2.75) is 142 Å². The SMILES string of the molecule is [CH2]P(=O)(OC(=O)CCCCCCC/C=C\CCCC)OC(=O)CCCCCCC/C=C\CCCC. The molecule has 0 aliphatic carbocycles. The van der Waals surface area contributed by atoms with E-state index in [0.29, 0.717) is 12.8 Å². The van der Waals surface area contributed by atoms with Crippen LogP contribution < -0.4 is 0 Å².